The van der Waals surface area contributed by atoms with Crippen molar-refractivity contribution in [3.8, 4) is 0 Å². The first-order valence-corrected chi connectivity index (χ1v) is 8.33. The van der Waals surface area contributed by atoms with Crippen molar-refractivity contribution in [2.24, 2.45) is 0 Å². The molecule has 1 atom stereocenters. The number of amides is 1. The summed E-state index contributed by atoms with van der Waals surface area (Å²) < 4.78 is 5.51. The topological polar surface area (TPSA) is 62.5 Å². The van der Waals surface area contributed by atoms with Crippen molar-refractivity contribution >= 4 is 28.2 Å². The number of aliphatic hydroxyl groups is 1. The molecule has 0 aliphatic rings. The second-order valence-electron chi connectivity index (χ2n) is 5.97. The van der Waals surface area contributed by atoms with Gasteiger partial charge in [0.15, 0.2) is 0 Å². The highest BCUT2D eigenvalue weighted by Gasteiger charge is 2.25. The molecule has 120 valence electrons. The van der Waals surface area contributed by atoms with Gasteiger partial charge in [0.1, 0.15) is 11.2 Å². The van der Waals surface area contributed by atoms with Gasteiger partial charge in [-0.05, 0) is 36.9 Å². The summed E-state index contributed by atoms with van der Waals surface area (Å²) >= 11 is 1.47. The molecule has 0 saturated carbocycles. The van der Waals surface area contributed by atoms with Gasteiger partial charge in [0.05, 0.1) is 19.2 Å². The van der Waals surface area contributed by atoms with Gasteiger partial charge >= 0.3 is 0 Å². The largest absolute Gasteiger partial charge is 0.464 e. The molecule has 0 spiro atoms. The maximum atomic E-state index is 12.2. The summed E-state index contributed by atoms with van der Waals surface area (Å²) in [5.74, 6) is -0.134. The minimum atomic E-state index is -1.06. The van der Waals surface area contributed by atoms with Gasteiger partial charge in [-0.2, -0.15) is 0 Å². The zero-order valence-corrected chi connectivity index (χ0v) is 13.9. The highest BCUT2D eigenvalue weighted by atomic mass is 32.1. The number of furan rings is 1. The summed E-state index contributed by atoms with van der Waals surface area (Å²) in [5.41, 5.74) is 1.71. The molecule has 2 N–H and O–H groups in total. The van der Waals surface area contributed by atoms with E-state index in [-0.39, 0.29) is 18.9 Å². The third-order valence-corrected chi connectivity index (χ3v) is 4.97. The Morgan fingerprint density at radius 1 is 1.39 bits per heavy atom. The second kappa shape index (κ2) is 6.18. The van der Waals surface area contributed by atoms with E-state index in [1.165, 1.54) is 11.3 Å². The Morgan fingerprint density at radius 2 is 2.22 bits per heavy atom. The molecule has 3 rings (SSSR count). The fraction of sp³-hybridized carbons (Fsp3) is 0.278. The maximum Gasteiger partial charge on any atom is 0.224 e. The number of carbonyl (C=O) groups excluding carboxylic acids is 1. The van der Waals surface area contributed by atoms with Gasteiger partial charge in [-0.25, -0.2) is 0 Å². The summed E-state index contributed by atoms with van der Waals surface area (Å²) in [7, 11) is 0. The van der Waals surface area contributed by atoms with E-state index in [0.717, 1.165) is 27.0 Å². The Morgan fingerprint density at radius 3 is 2.96 bits per heavy atom. The third-order valence-electron chi connectivity index (χ3n) is 3.84. The Balaban J connectivity index is 1.65. The van der Waals surface area contributed by atoms with E-state index in [1.807, 2.05) is 42.6 Å². The van der Waals surface area contributed by atoms with Crippen molar-refractivity contribution < 1.29 is 14.3 Å². The highest BCUT2D eigenvalue weighted by Crippen LogP contribution is 2.25. The maximum absolute atomic E-state index is 12.2. The SMILES string of the molecule is Cc1ccc2c(CC(=O)NCC(C)(O)c3cccs3)coc2c1. The second-order valence-corrected chi connectivity index (χ2v) is 6.91. The molecular weight excluding hydrogens is 310 g/mol. The Hall–Kier alpha value is -2.11. The molecule has 4 nitrogen and oxygen atoms in total. The Kier molecular flexibility index (Phi) is 4.24. The number of thiophene rings is 1. The number of aryl methyl sites for hydroxylation is 1. The zero-order valence-electron chi connectivity index (χ0n) is 13.1. The quantitative estimate of drug-likeness (QED) is 0.754. The molecule has 5 heteroatoms. The van der Waals surface area contributed by atoms with E-state index in [9.17, 15) is 9.90 Å². The van der Waals surface area contributed by atoms with Gasteiger partial charge in [-0.1, -0.05) is 18.2 Å². The minimum absolute atomic E-state index is 0.134. The van der Waals surface area contributed by atoms with Gasteiger partial charge in [-0.15, -0.1) is 11.3 Å². The van der Waals surface area contributed by atoms with Crippen molar-refractivity contribution in [2.75, 3.05) is 6.54 Å². The van der Waals surface area contributed by atoms with Crippen molar-refractivity contribution in [2.45, 2.75) is 25.9 Å². The zero-order chi connectivity index (χ0) is 16.4. The van der Waals surface area contributed by atoms with Crippen LogP contribution >= 0.6 is 11.3 Å². The molecule has 0 fully saturated rings. The molecule has 3 aromatic rings. The van der Waals surface area contributed by atoms with Gasteiger partial charge in [0.25, 0.3) is 0 Å². The van der Waals surface area contributed by atoms with Crippen LogP contribution in [0, 0.1) is 6.92 Å². The lowest BCUT2D eigenvalue weighted by atomic mass is 10.0. The van der Waals surface area contributed by atoms with Crippen LogP contribution in [-0.2, 0) is 16.8 Å². The normalized spacial score (nSPS) is 13.9. The fourth-order valence-electron chi connectivity index (χ4n) is 2.51. The van der Waals surface area contributed by atoms with Crippen molar-refractivity contribution in [3.05, 3.63) is 58.0 Å². The molecule has 23 heavy (non-hydrogen) atoms. The molecule has 2 aromatic heterocycles. The molecule has 0 aliphatic carbocycles. The predicted molar refractivity (Wildman–Crippen MR) is 91.6 cm³/mol. The van der Waals surface area contributed by atoms with Crippen LogP contribution in [0.1, 0.15) is 22.9 Å². The lowest BCUT2D eigenvalue weighted by molar-refractivity contribution is -0.121. The molecule has 1 unspecified atom stereocenters. The highest BCUT2D eigenvalue weighted by molar-refractivity contribution is 7.10. The number of benzene rings is 1. The number of hydrogen-bond donors (Lipinski definition) is 2. The molecule has 0 aliphatic heterocycles. The van der Waals surface area contributed by atoms with Crippen molar-refractivity contribution in [1.29, 1.82) is 0 Å². The Labute approximate surface area is 138 Å². The van der Waals surface area contributed by atoms with E-state index in [4.69, 9.17) is 4.42 Å². The van der Waals surface area contributed by atoms with Crippen molar-refractivity contribution in [1.82, 2.24) is 5.32 Å². The average Bonchev–Trinajstić information content (AvgIpc) is 3.16. The Bertz CT molecular complexity index is 818. The van der Waals surface area contributed by atoms with Crippen LogP contribution in [0.25, 0.3) is 11.0 Å². The first-order valence-electron chi connectivity index (χ1n) is 7.45. The van der Waals surface area contributed by atoms with E-state index in [2.05, 4.69) is 5.32 Å². The van der Waals surface area contributed by atoms with Crippen LogP contribution in [0.15, 0.2) is 46.4 Å². The molecule has 2 heterocycles. The first-order chi connectivity index (χ1) is 11.0. The summed E-state index contributed by atoms with van der Waals surface area (Å²) in [4.78, 5) is 13.0. The van der Waals surface area contributed by atoms with E-state index in [0.29, 0.717) is 0 Å². The van der Waals surface area contributed by atoms with E-state index >= 15 is 0 Å². The predicted octanol–water partition coefficient (Wildman–Crippen LogP) is 3.37. The van der Waals surface area contributed by atoms with Crippen LogP contribution in [0.2, 0.25) is 0 Å². The van der Waals surface area contributed by atoms with E-state index in [1.54, 1.807) is 13.2 Å². The molecule has 0 bridgehead atoms. The summed E-state index contributed by atoms with van der Waals surface area (Å²) in [6.45, 7) is 3.89. The number of hydrogen-bond acceptors (Lipinski definition) is 4. The standard InChI is InChI=1S/C18H19NO3S/c1-12-5-6-14-13(10-22-15(14)8-12)9-17(20)19-11-18(2,21)16-4-3-7-23-16/h3-8,10,21H,9,11H2,1-2H3,(H,19,20). The third kappa shape index (κ3) is 3.46. The van der Waals surface area contributed by atoms with Crippen LogP contribution in [-0.4, -0.2) is 17.6 Å². The van der Waals surface area contributed by atoms with Crippen LogP contribution < -0.4 is 5.32 Å². The summed E-state index contributed by atoms with van der Waals surface area (Å²) in [6, 6.07) is 9.68. The molecule has 0 saturated heterocycles. The van der Waals surface area contributed by atoms with Gasteiger partial charge in [-0.3, -0.25) is 4.79 Å². The van der Waals surface area contributed by atoms with Gasteiger partial charge in [0.2, 0.25) is 5.91 Å². The number of fused-ring (bicyclic) bond motifs is 1. The number of carbonyl (C=O) groups is 1. The lowest BCUT2D eigenvalue weighted by Gasteiger charge is -2.22. The lowest BCUT2D eigenvalue weighted by Crippen LogP contribution is -2.38. The van der Waals surface area contributed by atoms with Crippen LogP contribution in [0.4, 0.5) is 0 Å². The number of nitrogens with one attached hydrogen (secondary N) is 1. The van der Waals surface area contributed by atoms with Crippen molar-refractivity contribution in [3.63, 3.8) is 0 Å². The average molecular weight is 329 g/mol. The summed E-state index contributed by atoms with van der Waals surface area (Å²) in [5, 5.41) is 16.1. The molecule has 0 radical (unpaired) electrons. The minimum Gasteiger partial charge on any atom is -0.464 e. The van der Waals surface area contributed by atoms with Crippen LogP contribution in [0.5, 0.6) is 0 Å². The fourth-order valence-corrected chi connectivity index (χ4v) is 3.29. The monoisotopic (exact) mass is 329 g/mol. The molecule has 1 aromatic carbocycles. The van der Waals surface area contributed by atoms with Gasteiger partial charge < -0.3 is 14.8 Å². The number of rotatable bonds is 5. The first kappa shape index (κ1) is 15.8. The van der Waals surface area contributed by atoms with Crippen LogP contribution in [0.3, 0.4) is 0 Å². The van der Waals surface area contributed by atoms with E-state index < -0.39 is 5.60 Å². The smallest absolute Gasteiger partial charge is 0.224 e. The molecular formula is C18H19NO3S. The molecule has 1 amide bonds. The summed E-state index contributed by atoms with van der Waals surface area (Å²) in [6.07, 6.45) is 1.86. The van der Waals surface area contributed by atoms with Gasteiger partial charge in [0, 0.05) is 15.8 Å².